The van der Waals surface area contributed by atoms with Crippen molar-refractivity contribution in [1.29, 1.82) is 0 Å². The zero-order chi connectivity index (χ0) is 31.5. The summed E-state index contributed by atoms with van der Waals surface area (Å²) in [5.41, 5.74) is 6.59. The normalized spacial score (nSPS) is 22.5. The predicted octanol–water partition coefficient (Wildman–Crippen LogP) is 8.69. The van der Waals surface area contributed by atoms with Crippen LogP contribution in [0.5, 0.6) is 0 Å². The number of carboxylic acid groups (broad SMARTS) is 1. The number of hydrogen-bond donors (Lipinski definition) is 1. The molecule has 1 aromatic heterocycles. The first-order valence-corrected chi connectivity index (χ1v) is 17.4. The Balaban J connectivity index is 1.14. The summed E-state index contributed by atoms with van der Waals surface area (Å²) < 4.78 is 2.25. The van der Waals surface area contributed by atoms with Crippen LogP contribution in [0.3, 0.4) is 0 Å². The maximum absolute atomic E-state index is 12.4. The fourth-order valence-electron chi connectivity index (χ4n) is 8.68. The zero-order valence-electron chi connectivity index (χ0n) is 27.7. The molecular formula is C40H51N3O2. The number of rotatable bonds is 11. The number of aliphatic carboxylic acids is 1. The molecule has 5 heteroatoms. The highest BCUT2D eigenvalue weighted by Gasteiger charge is 2.43. The number of fused-ring (bicyclic) bond motifs is 1. The molecule has 5 unspecified atom stereocenters. The molecule has 1 aliphatic heterocycles. The fraction of sp³-hybridized carbons (Fsp3) is 0.500. The molecule has 4 aromatic rings. The molecule has 5 nitrogen and oxygen atoms in total. The van der Waals surface area contributed by atoms with Gasteiger partial charge in [-0.3, -0.25) is 9.48 Å². The molecule has 45 heavy (non-hydrogen) atoms. The van der Waals surface area contributed by atoms with Crippen LogP contribution in [0, 0.1) is 30.6 Å². The average Bonchev–Trinajstić information content (AvgIpc) is 3.65. The lowest BCUT2D eigenvalue weighted by Crippen LogP contribution is -2.37. The van der Waals surface area contributed by atoms with E-state index in [9.17, 15) is 9.90 Å². The predicted molar refractivity (Wildman–Crippen MR) is 184 cm³/mol. The lowest BCUT2D eigenvalue weighted by atomic mass is 9.79. The molecule has 238 valence electrons. The van der Waals surface area contributed by atoms with E-state index >= 15 is 0 Å². The monoisotopic (exact) mass is 605 g/mol. The number of nitrogens with zero attached hydrogens (tertiary/aromatic N) is 3. The first-order valence-electron chi connectivity index (χ1n) is 17.4. The first kappa shape index (κ1) is 31.5. The first-order chi connectivity index (χ1) is 21.8. The number of carboxylic acids is 1. The van der Waals surface area contributed by atoms with Crippen molar-refractivity contribution in [3.05, 3.63) is 101 Å². The molecule has 0 radical (unpaired) electrons. The van der Waals surface area contributed by atoms with Gasteiger partial charge in [0.05, 0.1) is 11.6 Å². The Morgan fingerprint density at radius 1 is 0.978 bits per heavy atom. The largest absolute Gasteiger partial charge is 0.481 e. The van der Waals surface area contributed by atoms with E-state index in [0.717, 1.165) is 70.4 Å². The molecule has 1 aliphatic carbocycles. The molecule has 3 aromatic carbocycles. The summed E-state index contributed by atoms with van der Waals surface area (Å²) in [7, 11) is 0. The van der Waals surface area contributed by atoms with Crippen molar-refractivity contribution in [1.82, 2.24) is 14.7 Å². The molecule has 0 spiro atoms. The smallest absolute Gasteiger partial charge is 0.307 e. The standard InChI is InChI=1S/C40H51N3O2/c1-5-28(4)39(40(44)45)33-22-34(37(24-33)31-14-9-11-27(3)21-31)26-42-19-17-30(18-20-42)38-25-35(41-43(38)6-2)23-32-15-10-13-29-12-7-8-16-36(29)32/h7-16,21,25,28,30,33-34,37,39H,5-6,17-20,22-24,26H2,1-4H3,(H,44,45). The summed E-state index contributed by atoms with van der Waals surface area (Å²) in [6.07, 6.45) is 6.07. The number of likely N-dealkylation sites (tertiary alicyclic amines) is 1. The molecule has 2 fully saturated rings. The van der Waals surface area contributed by atoms with E-state index in [1.165, 1.54) is 33.2 Å². The van der Waals surface area contributed by atoms with Gasteiger partial charge in [-0.15, -0.1) is 0 Å². The highest BCUT2D eigenvalue weighted by molar-refractivity contribution is 5.85. The Hall–Kier alpha value is -3.44. The third kappa shape index (κ3) is 6.89. The number of hydrogen-bond acceptors (Lipinski definition) is 3. The highest BCUT2D eigenvalue weighted by Crippen LogP contribution is 2.48. The Morgan fingerprint density at radius 2 is 1.73 bits per heavy atom. The number of aryl methyl sites for hydroxylation is 2. The van der Waals surface area contributed by atoms with Gasteiger partial charge >= 0.3 is 5.97 Å². The number of aromatic nitrogens is 2. The van der Waals surface area contributed by atoms with Gasteiger partial charge in [0.15, 0.2) is 0 Å². The van der Waals surface area contributed by atoms with Gasteiger partial charge in [0.25, 0.3) is 0 Å². The minimum Gasteiger partial charge on any atom is -0.481 e. The SMILES string of the molecule is CCC(C)C(C(=O)O)C1CC(CN2CCC(c3cc(Cc4cccc5ccccc45)nn3CC)CC2)C(c2cccc(C)c2)C1. The second-order valence-electron chi connectivity index (χ2n) is 14.0. The van der Waals surface area contributed by atoms with Crippen LogP contribution in [-0.2, 0) is 17.8 Å². The van der Waals surface area contributed by atoms with Gasteiger partial charge in [-0.05, 0) is 104 Å². The van der Waals surface area contributed by atoms with Crippen LogP contribution in [0.1, 0.15) is 92.8 Å². The maximum atomic E-state index is 12.4. The molecular weight excluding hydrogens is 554 g/mol. The second-order valence-corrected chi connectivity index (χ2v) is 14.0. The summed E-state index contributed by atoms with van der Waals surface area (Å²) in [5.74, 6) is 1.03. The Labute approximate surface area is 269 Å². The van der Waals surface area contributed by atoms with E-state index in [1.54, 1.807) is 0 Å². The van der Waals surface area contributed by atoms with Crippen LogP contribution in [0.15, 0.2) is 72.8 Å². The maximum Gasteiger partial charge on any atom is 0.307 e. The van der Waals surface area contributed by atoms with Crippen LogP contribution in [0.25, 0.3) is 10.8 Å². The molecule has 2 heterocycles. The minimum atomic E-state index is -0.605. The molecule has 0 amide bonds. The van der Waals surface area contributed by atoms with Crippen LogP contribution in [0.4, 0.5) is 0 Å². The summed E-state index contributed by atoms with van der Waals surface area (Å²) in [4.78, 5) is 15.1. The Bertz CT molecular complexity index is 1590. The van der Waals surface area contributed by atoms with Gasteiger partial charge in [0.2, 0.25) is 0 Å². The highest BCUT2D eigenvalue weighted by atomic mass is 16.4. The number of piperidine rings is 1. The van der Waals surface area contributed by atoms with Gasteiger partial charge in [-0.1, -0.05) is 92.6 Å². The van der Waals surface area contributed by atoms with Crippen LogP contribution in [-0.4, -0.2) is 45.4 Å². The van der Waals surface area contributed by atoms with E-state index < -0.39 is 5.97 Å². The van der Waals surface area contributed by atoms with Crippen molar-refractivity contribution < 1.29 is 9.90 Å². The minimum absolute atomic E-state index is 0.203. The van der Waals surface area contributed by atoms with Crippen molar-refractivity contribution >= 4 is 16.7 Å². The van der Waals surface area contributed by atoms with Crippen molar-refractivity contribution in [2.24, 2.45) is 23.7 Å². The lowest BCUT2D eigenvalue weighted by molar-refractivity contribution is -0.145. The molecule has 1 N–H and O–H groups in total. The van der Waals surface area contributed by atoms with Crippen LogP contribution in [0.2, 0.25) is 0 Å². The number of carbonyl (C=O) groups is 1. The molecule has 1 saturated heterocycles. The van der Waals surface area contributed by atoms with Gasteiger partial charge in [-0.2, -0.15) is 5.10 Å². The Kier molecular flexibility index (Phi) is 9.75. The van der Waals surface area contributed by atoms with Gasteiger partial charge < -0.3 is 10.0 Å². The van der Waals surface area contributed by atoms with E-state index in [4.69, 9.17) is 5.10 Å². The summed E-state index contributed by atoms with van der Waals surface area (Å²) >= 11 is 0. The fourth-order valence-corrected chi connectivity index (χ4v) is 8.68. The molecule has 2 aliphatic rings. The number of benzene rings is 3. The summed E-state index contributed by atoms with van der Waals surface area (Å²) in [6, 6.07) is 26.6. The van der Waals surface area contributed by atoms with E-state index in [0.29, 0.717) is 17.8 Å². The van der Waals surface area contributed by atoms with E-state index in [-0.39, 0.29) is 17.8 Å². The zero-order valence-corrected chi connectivity index (χ0v) is 27.7. The third-order valence-corrected chi connectivity index (χ3v) is 11.2. The van der Waals surface area contributed by atoms with E-state index in [1.807, 2.05) is 0 Å². The molecule has 5 atom stereocenters. The van der Waals surface area contributed by atoms with Crippen LogP contribution < -0.4 is 0 Å². The third-order valence-electron chi connectivity index (χ3n) is 11.2. The molecule has 1 saturated carbocycles. The summed E-state index contributed by atoms with van der Waals surface area (Å²) in [5, 5.41) is 17.9. The molecule has 0 bridgehead atoms. The van der Waals surface area contributed by atoms with Crippen molar-refractivity contribution in [3.63, 3.8) is 0 Å². The van der Waals surface area contributed by atoms with Gasteiger partial charge in [-0.25, -0.2) is 0 Å². The van der Waals surface area contributed by atoms with Crippen molar-refractivity contribution in [2.75, 3.05) is 19.6 Å². The quantitative estimate of drug-likeness (QED) is 0.186. The van der Waals surface area contributed by atoms with Gasteiger partial charge in [0.1, 0.15) is 0 Å². The topological polar surface area (TPSA) is 58.4 Å². The van der Waals surface area contributed by atoms with E-state index in [2.05, 4.69) is 110 Å². The van der Waals surface area contributed by atoms with Crippen molar-refractivity contribution in [2.45, 2.75) is 84.6 Å². The van der Waals surface area contributed by atoms with Crippen LogP contribution >= 0.6 is 0 Å². The average molecular weight is 606 g/mol. The lowest BCUT2D eigenvalue weighted by Gasteiger charge is -2.35. The Morgan fingerprint density at radius 3 is 2.47 bits per heavy atom. The van der Waals surface area contributed by atoms with Crippen molar-refractivity contribution in [3.8, 4) is 0 Å². The summed E-state index contributed by atoms with van der Waals surface area (Å²) in [6.45, 7) is 12.8. The second kappa shape index (κ2) is 13.9. The molecule has 6 rings (SSSR count). The van der Waals surface area contributed by atoms with Gasteiger partial charge in [0, 0.05) is 31.1 Å².